The van der Waals surface area contributed by atoms with E-state index in [0.29, 0.717) is 5.69 Å². The SMILES string of the molecule is Cn1nc(OC(F)(F)Cl)cc1CC(=O)OC(C)(C)C.Cn1nc(OC(F)(F)F)cc1CC(=O)OC(C)(C)C. The molecule has 0 radical (unpaired) electrons. The molecule has 0 aromatic carbocycles. The molecule has 0 aliphatic heterocycles. The van der Waals surface area contributed by atoms with Crippen LogP contribution in [-0.4, -0.2) is 54.6 Å². The summed E-state index contributed by atoms with van der Waals surface area (Å²) in [6.45, 7) is 10.3. The van der Waals surface area contributed by atoms with E-state index in [4.69, 9.17) is 9.47 Å². The summed E-state index contributed by atoms with van der Waals surface area (Å²) < 4.78 is 81.2. The van der Waals surface area contributed by atoms with E-state index in [9.17, 15) is 31.5 Å². The molecule has 0 saturated heterocycles. The molecule has 2 rings (SSSR count). The lowest BCUT2D eigenvalue weighted by Crippen LogP contribution is -2.25. The first-order valence-electron chi connectivity index (χ1n) is 10.9. The lowest BCUT2D eigenvalue weighted by atomic mass is 10.2. The number of alkyl halides is 6. The van der Waals surface area contributed by atoms with Crippen molar-refractivity contribution in [3.63, 3.8) is 0 Å². The molecule has 0 fully saturated rings. The van der Waals surface area contributed by atoms with Gasteiger partial charge in [-0.05, 0) is 41.5 Å². The number of ether oxygens (including phenoxy) is 4. The smallest absolute Gasteiger partial charge is 0.460 e. The number of nitrogens with zero attached hydrogens (tertiary/aromatic N) is 4. The zero-order valence-corrected chi connectivity index (χ0v) is 22.8. The molecule has 0 atom stereocenters. The minimum atomic E-state index is -4.81. The van der Waals surface area contributed by atoms with Gasteiger partial charge in [0.15, 0.2) is 0 Å². The molecule has 16 heteroatoms. The van der Waals surface area contributed by atoms with Gasteiger partial charge < -0.3 is 18.9 Å². The Kier molecular flexibility index (Phi) is 10.5. The molecular formula is C22H30ClF5N4O6. The fraction of sp³-hybridized carbons (Fsp3) is 0.636. The summed E-state index contributed by atoms with van der Waals surface area (Å²) in [5.74, 6) is -2.00. The molecule has 38 heavy (non-hydrogen) atoms. The first-order chi connectivity index (χ1) is 16.9. The van der Waals surface area contributed by atoms with Gasteiger partial charge >= 0.3 is 23.9 Å². The van der Waals surface area contributed by atoms with Gasteiger partial charge in [0.2, 0.25) is 11.8 Å². The number of hydrogen-bond acceptors (Lipinski definition) is 8. The zero-order valence-electron chi connectivity index (χ0n) is 22.1. The number of halogens is 6. The third-order valence-electron chi connectivity index (χ3n) is 3.84. The van der Waals surface area contributed by atoms with Crippen LogP contribution in [0.25, 0.3) is 0 Å². The monoisotopic (exact) mass is 576 g/mol. The molecule has 0 amide bonds. The van der Waals surface area contributed by atoms with Crippen molar-refractivity contribution in [3.8, 4) is 11.8 Å². The molecule has 0 bridgehead atoms. The van der Waals surface area contributed by atoms with Gasteiger partial charge in [0.1, 0.15) is 11.2 Å². The highest BCUT2D eigenvalue weighted by Gasteiger charge is 2.33. The average molecular weight is 577 g/mol. The number of rotatable bonds is 7. The van der Waals surface area contributed by atoms with Crippen LogP contribution in [0.4, 0.5) is 22.0 Å². The van der Waals surface area contributed by atoms with Gasteiger partial charge in [0, 0.05) is 37.8 Å². The van der Waals surface area contributed by atoms with Crippen molar-refractivity contribution in [1.82, 2.24) is 19.6 Å². The highest BCUT2D eigenvalue weighted by atomic mass is 35.5. The van der Waals surface area contributed by atoms with Gasteiger partial charge in [-0.15, -0.1) is 32.1 Å². The second-order valence-corrected chi connectivity index (χ2v) is 10.3. The molecule has 0 N–H and O–H groups in total. The quantitative estimate of drug-likeness (QED) is 0.266. The van der Waals surface area contributed by atoms with Crippen LogP contribution in [0, 0.1) is 0 Å². The number of aryl methyl sites for hydroxylation is 2. The summed E-state index contributed by atoms with van der Waals surface area (Å²) in [5, 5.41) is 7.18. The summed E-state index contributed by atoms with van der Waals surface area (Å²) in [6.07, 6.45) is -5.09. The van der Waals surface area contributed by atoms with E-state index >= 15 is 0 Å². The highest BCUT2D eigenvalue weighted by molar-refractivity contribution is 6.20. The largest absolute Gasteiger partial charge is 0.574 e. The summed E-state index contributed by atoms with van der Waals surface area (Å²) in [6, 6.07) is 2.26. The fourth-order valence-corrected chi connectivity index (χ4v) is 2.75. The van der Waals surface area contributed by atoms with Crippen LogP contribution >= 0.6 is 11.6 Å². The number of carbonyl (C=O) groups is 2. The topological polar surface area (TPSA) is 107 Å². The van der Waals surface area contributed by atoms with Gasteiger partial charge in [0.25, 0.3) is 0 Å². The average Bonchev–Trinajstić information content (AvgIpc) is 3.10. The molecule has 2 aromatic heterocycles. The lowest BCUT2D eigenvalue weighted by Gasteiger charge is -2.19. The van der Waals surface area contributed by atoms with Gasteiger partial charge in [0.05, 0.1) is 24.2 Å². The van der Waals surface area contributed by atoms with Crippen LogP contribution < -0.4 is 9.47 Å². The van der Waals surface area contributed by atoms with Crippen molar-refractivity contribution in [3.05, 3.63) is 23.5 Å². The molecule has 2 heterocycles. The second-order valence-electron chi connectivity index (χ2n) is 9.82. The summed E-state index contributed by atoms with van der Waals surface area (Å²) in [4.78, 5) is 23.1. The van der Waals surface area contributed by atoms with E-state index in [-0.39, 0.29) is 24.4 Å². The molecule has 0 spiro atoms. The van der Waals surface area contributed by atoms with Crippen molar-refractivity contribution >= 4 is 23.5 Å². The van der Waals surface area contributed by atoms with E-state index < -0.39 is 41.0 Å². The number of carbonyl (C=O) groups excluding carboxylic acids is 2. The van der Waals surface area contributed by atoms with E-state index in [1.807, 2.05) is 0 Å². The van der Waals surface area contributed by atoms with Crippen LogP contribution in [0.3, 0.4) is 0 Å². The normalized spacial score (nSPS) is 12.4. The first-order valence-corrected chi connectivity index (χ1v) is 11.3. The number of aromatic nitrogens is 4. The predicted octanol–water partition coefficient (Wildman–Crippen LogP) is 4.68. The van der Waals surface area contributed by atoms with Gasteiger partial charge in [-0.3, -0.25) is 19.0 Å². The lowest BCUT2D eigenvalue weighted by molar-refractivity contribution is -0.276. The van der Waals surface area contributed by atoms with Gasteiger partial charge in [-0.1, -0.05) is 0 Å². The van der Waals surface area contributed by atoms with Gasteiger partial charge in [-0.2, -0.15) is 0 Å². The third kappa shape index (κ3) is 14.0. The first kappa shape index (κ1) is 32.9. The number of esters is 2. The third-order valence-corrected chi connectivity index (χ3v) is 3.92. The standard InChI is InChI=1S/C11H15ClF2N2O3.C11H15F3N2O3/c2*1-10(2,3)19-9(17)6-7-5-8(15-16(7)4)18-11(12,13)14/h2*5H,6H2,1-4H3. The van der Waals surface area contributed by atoms with Crippen LogP contribution in [0.2, 0.25) is 0 Å². The van der Waals surface area contributed by atoms with E-state index in [1.165, 1.54) is 24.8 Å². The van der Waals surface area contributed by atoms with Crippen molar-refractivity contribution in [1.29, 1.82) is 0 Å². The Labute approximate surface area is 220 Å². The van der Waals surface area contributed by atoms with Crippen molar-refractivity contribution in [2.75, 3.05) is 0 Å². The van der Waals surface area contributed by atoms with Crippen molar-refractivity contribution in [2.45, 2.75) is 77.5 Å². The van der Waals surface area contributed by atoms with Gasteiger partial charge in [-0.25, -0.2) is 0 Å². The maximum absolute atomic E-state index is 12.4. The van der Waals surface area contributed by atoms with Crippen molar-refractivity contribution in [2.24, 2.45) is 14.1 Å². The minimum absolute atomic E-state index is 0.0992. The zero-order chi connectivity index (χ0) is 29.7. The maximum Gasteiger partial charge on any atom is 0.574 e. The van der Waals surface area contributed by atoms with E-state index in [2.05, 4.69) is 31.3 Å². The molecular weight excluding hydrogens is 547 g/mol. The summed E-state index contributed by atoms with van der Waals surface area (Å²) in [7, 11) is 2.92. The molecule has 0 aliphatic carbocycles. The number of hydrogen-bond donors (Lipinski definition) is 0. The van der Waals surface area contributed by atoms with Crippen LogP contribution in [0.15, 0.2) is 12.1 Å². The summed E-state index contributed by atoms with van der Waals surface area (Å²) >= 11 is 4.63. The Bertz CT molecular complexity index is 1010. The Morgan fingerprint density at radius 1 is 0.763 bits per heavy atom. The molecule has 0 saturated carbocycles. The Balaban J connectivity index is 0.000000380. The molecule has 2 aromatic rings. The molecule has 216 valence electrons. The minimum Gasteiger partial charge on any atom is -0.460 e. The molecule has 10 nitrogen and oxygen atoms in total. The highest BCUT2D eigenvalue weighted by Crippen LogP contribution is 2.25. The Morgan fingerprint density at radius 3 is 1.39 bits per heavy atom. The second kappa shape index (κ2) is 12.2. The van der Waals surface area contributed by atoms with Crippen LogP contribution in [-0.2, 0) is 46.0 Å². The Morgan fingerprint density at radius 2 is 1.11 bits per heavy atom. The molecule has 0 aliphatic rings. The fourth-order valence-electron chi connectivity index (χ4n) is 2.67. The van der Waals surface area contributed by atoms with Crippen LogP contribution in [0.5, 0.6) is 11.8 Å². The van der Waals surface area contributed by atoms with E-state index in [0.717, 1.165) is 10.7 Å². The maximum atomic E-state index is 12.4. The predicted molar refractivity (Wildman–Crippen MR) is 124 cm³/mol. The van der Waals surface area contributed by atoms with Crippen molar-refractivity contribution < 1.29 is 50.5 Å². The van der Waals surface area contributed by atoms with Crippen LogP contribution in [0.1, 0.15) is 52.9 Å². The Hall–Kier alpha value is -3.10. The summed E-state index contributed by atoms with van der Waals surface area (Å²) in [5.41, 5.74) is -4.45. The molecule has 0 unspecified atom stereocenters. The van der Waals surface area contributed by atoms with E-state index in [1.54, 1.807) is 41.5 Å².